The van der Waals surface area contributed by atoms with Crippen LogP contribution < -0.4 is 5.32 Å². The highest BCUT2D eigenvalue weighted by Crippen LogP contribution is 2.37. The molecule has 1 heterocycles. The van der Waals surface area contributed by atoms with Gasteiger partial charge in [0, 0.05) is 25.0 Å². The summed E-state index contributed by atoms with van der Waals surface area (Å²) in [7, 11) is 0. The van der Waals surface area contributed by atoms with E-state index in [1.54, 1.807) is 6.20 Å². The maximum atomic E-state index is 12.6. The van der Waals surface area contributed by atoms with E-state index < -0.39 is 12.1 Å². The number of hydrogen-bond donors (Lipinski definition) is 1. The third kappa shape index (κ3) is 3.98. The van der Waals surface area contributed by atoms with Crippen molar-refractivity contribution < 1.29 is 13.2 Å². The Labute approximate surface area is 117 Å². The van der Waals surface area contributed by atoms with Gasteiger partial charge in [0.2, 0.25) is 0 Å². The van der Waals surface area contributed by atoms with Crippen LogP contribution in [-0.4, -0.2) is 21.8 Å². The number of rotatable bonds is 5. The molecule has 0 atom stereocenters. The Morgan fingerprint density at radius 1 is 1.30 bits per heavy atom. The largest absolute Gasteiger partial charge is 0.391 e. The van der Waals surface area contributed by atoms with Gasteiger partial charge in [-0.1, -0.05) is 6.92 Å². The highest BCUT2D eigenvalue weighted by Gasteiger charge is 2.41. The van der Waals surface area contributed by atoms with Gasteiger partial charge in [-0.2, -0.15) is 13.2 Å². The van der Waals surface area contributed by atoms with Gasteiger partial charge in [-0.05, 0) is 32.1 Å². The topological polar surface area (TPSA) is 29.9 Å². The van der Waals surface area contributed by atoms with Crippen LogP contribution in [0, 0.1) is 5.92 Å². The molecule has 1 aliphatic rings. The van der Waals surface area contributed by atoms with Crippen LogP contribution in [0.2, 0.25) is 0 Å². The van der Waals surface area contributed by atoms with Crippen molar-refractivity contribution in [1.82, 2.24) is 14.9 Å². The maximum Gasteiger partial charge on any atom is 0.391 e. The number of aryl methyl sites for hydroxylation is 1. The number of imidazole rings is 1. The first-order chi connectivity index (χ1) is 9.50. The summed E-state index contributed by atoms with van der Waals surface area (Å²) in [6, 6.07) is 0.181. The smallest absolute Gasteiger partial charge is 0.334 e. The second kappa shape index (κ2) is 6.61. The van der Waals surface area contributed by atoms with Gasteiger partial charge in [-0.3, -0.25) is 0 Å². The molecule has 0 radical (unpaired) electrons. The summed E-state index contributed by atoms with van der Waals surface area (Å²) >= 11 is 0. The summed E-state index contributed by atoms with van der Waals surface area (Å²) in [5, 5.41) is 3.34. The normalized spacial score (nSPS) is 24.0. The van der Waals surface area contributed by atoms with Crippen molar-refractivity contribution in [2.45, 2.75) is 64.3 Å². The lowest BCUT2D eigenvalue weighted by molar-refractivity contribution is -0.182. The van der Waals surface area contributed by atoms with Crippen molar-refractivity contribution in [2.75, 3.05) is 0 Å². The second-order valence-corrected chi connectivity index (χ2v) is 5.51. The van der Waals surface area contributed by atoms with E-state index in [2.05, 4.69) is 21.8 Å². The molecule has 6 heteroatoms. The average Bonchev–Trinajstić information content (AvgIpc) is 2.84. The Kier molecular flexibility index (Phi) is 5.07. The van der Waals surface area contributed by atoms with E-state index in [0.717, 1.165) is 18.8 Å². The van der Waals surface area contributed by atoms with Gasteiger partial charge in [0.25, 0.3) is 0 Å². The lowest BCUT2D eigenvalue weighted by Gasteiger charge is -2.30. The maximum absolute atomic E-state index is 12.6. The van der Waals surface area contributed by atoms with Crippen LogP contribution in [-0.2, 0) is 13.1 Å². The average molecular weight is 289 g/mol. The molecule has 2 rings (SSSR count). The quantitative estimate of drug-likeness (QED) is 0.899. The molecular formula is C14H22F3N3. The van der Waals surface area contributed by atoms with E-state index in [1.807, 2.05) is 6.20 Å². The van der Waals surface area contributed by atoms with Gasteiger partial charge in [-0.15, -0.1) is 0 Å². The molecule has 0 amide bonds. The minimum atomic E-state index is -4.03. The first kappa shape index (κ1) is 15.4. The summed E-state index contributed by atoms with van der Waals surface area (Å²) in [4.78, 5) is 4.29. The molecule has 0 saturated heterocycles. The minimum Gasteiger partial charge on any atom is -0.334 e. The third-order valence-electron chi connectivity index (χ3n) is 4.01. The Morgan fingerprint density at radius 3 is 2.60 bits per heavy atom. The SMILES string of the molecule is CCCn1ccnc1CNC1CCC(C(F)(F)F)CC1. The molecule has 1 N–H and O–H groups in total. The zero-order valence-electron chi connectivity index (χ0n) is 11.8. The van der Waals surface area contributed by atoms with Crippen molar-refractivity contribution in [1.29, 1.82) is 0 Å². The van der Waals surface area contributed by atoms with Gasteiger partial charge in [-0.25, -0.2) is 4.98 Å². The molecule has 20 heavy (non-hydrogen) atoms. The molecule has 0 unspecified atom stereocenters. The first-order valence-corrected chi connectivity index (χ1v) is 7.30. The lowest BCUT2D eigenvalue weighted by Crippen LogP contribution is -2.37. The Morgan fingerprint density at radius 2 is 2.00 bits per heavy atom. The highest BCUT2D eigenvalue weighted by atomic mass is 19.4. The molecule has 0 aliphatic heterocycles. The molecule has 1 saturated carbocycles. The minimum absolute atomic E-state index is 0.181. The van der Waals surface area contributed by atoms with E-state index in [9.17, 15) is 13.2 Å². The zero-order chi connectivity index (χ0) is 14.6. The van der Waals surface area contributed by atoms with E-state index in [0.29, 0.717) is 19.4 Å². The molecule has 1 aromatic heterocycles. The molecular weight excluding hydrogens is 267 g/mol. The lowest BCUT2D eigenvalue weighted by atomic mass is 9.85. The summed E-state index contributed by atoms with van der Waals surface area (Å²) in [6.45, 7) is 3.67. The number of hydrogen-bond acceptors (Lipinski definition) is 2. The number of nitrogens with one attached hydrogen (secondary N) is 1. The summed E-state index contributed by atoms with van der Waals surface area (Å²) < 4.78 is 39.8. The van der Waals surface area contributed by atoms with Gasteiger partial charge in [0.15, 0.2) is 0 Å². The Bertz CT molecular complexity index is 406. The monoisotopic (exact) mass is 289 g/mol. The van der Waals surface area contributed by atoms with Gasteiger partial charge >= 0.3 is 6.18 Å². The Hall–Kier alpha value is -1.04. The van der Waals surface area contributed by atoms with Crippen LogP contribution in [0.3, 0.4) is 0 Å². The van der Waals surface area contributed by atoms with Crippen molar-refractivity contribution in [2.24, 2.45) is 5.92 Å². The van der Waals surface area contributed by atoms with Crippen LogP contribution in [0.25, 0.3) is 0 Å². The predicted molar refractivity (Wildman–Crippen MR) is 71.2 cm³/mol. The molecule has 1 aromatic rings. The molecule has 1 fully saturated rings. The van der Waals surface area contributed by atoms with Crippen LogP contribution in [0.15, 0.2) is 12.4 Å². The standard InChI is InChI=1S/C14H22F3N3/c1-2-8-20-9-7-18-13(20)10-19-12-5-3-11(4-6-12)14(15,16)17/h7,9,11-12,19H,2-6,8,10H2,1H3. The van der Waals surface area contributed by atoms with Crippen LogP contribution in [0.5, 0.6) is 0 Å². The molecule has 0 spiro atoms. The van der Waals surface area contributed by atoms with Crippen molar-refractivity contribution in [3.63, 3.8) is 0 Å². The third-order valence-corrected chi connectivity index (χ3v) is 4.01. The van der Waals surface area contributed by atoms with Crippen molar-refractivity contribution in [3.8, 4) is 0 Å². The molecule has 0 bridgehead atoms. The van der Waals surface area contributed by atoms with Gasteiger partial charge in [0.1, 0.15) is 5.82 Å². The molecule has 3 nitrogen and oxygen atoms in total. The fraction of sp³-hybridized carbons (Fsp3) is 0.786. The number of nitrogens with zero attached hydrogens (tertiary/aromatic N) is 2. The van der Waals surface area contributed by atoms with E-state index in [1.165, 1.54) is 0 Å². The molecule has 114 valence electrons. The summed E-state index contributed by atoms with van der Waals surface area (Å²) in [6.07, 6.45) is 2.41. The fourth-order valence-electron chi connectivity index (χ4n) is 2.81. The number of halogens is 3. The predicted octanol–water partition coefficient (Wildman–Crippen LogP) is 3.50. The van der Waals surface area contributed by atoms with E-state index in [-0.39, 0.29) is 18.9 Å². The van der Waals surface area contributed by atoms with Crippen LogP contribution in [0.1, 0.15) is 44.9 Å². The van der Waals surface area contributed by atoms with Gasteiger partial charge < -0.3 is 9.88 Å². The van der Waals surface area contributed by atoms with E-state index >= 15 is 0 Å². The summed E-state index contributed by atoms with van der Waals surface area (Å²) in [5.74, 6) is -0.146. The van der Waals surface area contributed by atoms with E-state index in [4.69, 9.17) is 0 Å². The van der Waals surface area contributed by atoms with Crippen LogP contribution in [0.4, 0.5) is 13.2 Å². The van der Waals surface area contributed by atoms with Crippen LogP contribution >= 0.6 is 0 Å². The van der Waals surface area contributed by atoms with Gasteiger partial charge in [0.05, 0.1) is 12.5 Å². The fourth-order valence-corrected chi connectivity index (χ4v) is 2.81. The molecule has 1 aliphatic carbocycles. The first-order valence-electron chi connectivity index (χ1n) is 7.30. The van der Waals surface area contributed by atoms with Crippen molar-refractivity contribution >= 4 is 0 Å². The molecule has 0 aromatic carbocycles. The summed E-state index contributed by atoms with van der Waals surface area (Å²) in [5.41, 5.74) is 0. The number of alkyl halides is 3. The zero-order valence-corrected chi connectivity index (χ0v) is 11.8. The Balaban J connectivity index is 1.77. The highest BCUT2D eigenvalue weighted by molar-refractivity contribution is 4.93. The second-order valence-electron chi connectivity index (χ2n) is 5.51. The van der Waals surface area contributed by atoms with Crippen molar-refractivity contribution in [3.05, 3.63) is 18.2 Å². The number of aromatic nitrogens is 2.